The number of nitrogens with zero attached hydrogens (tertiary/aromatic N) is 7. The number of benzene rings is 3. The van der Waals surface area contributed by atoms with Crippen LogP contribution in [0.4, 0.5) is 13.6 Å². The Balaban J connectivity index is 0.715. The Morgan fingerprint density at radius 3 is 2.13 bits per heavy atom. The Hall–Kier alpha value is -6.27. The van der Waals surface area contributed by atoms with E-state index in [-0.39, 0.29) is 40.3 Å². The zero-order chi connectivity index (χ0) is 52.8. The van der Waals surface area contributed by atoms with Crippen molar-refractivity contribution in [2.24, 2.45) is 11.8 Å². The SMILES string of the molecule is CC(C)(C)OC(=O)N1CCCC(c2cccc(C(=O)N[C@@H](C(=O)N3CCN(CC4CCN(CC(=O)N5CCN(C(=O)c6cc(Cc7n[nH]c(=O)c8ccccc78)ccc6F)CC5)CC4)CC3)C3CCCCC3)c2F)C1. The minimum absolute atomic E-state index is 0.0177. The van der Waals surface area contributed by atoms with E-state index in [2.05, 4.69) is 25.3 Å². The molecule has 16 nitrogen and oxygen atoms in total. The zero-order valence-electron chi connectivity index (χ0n) is 43.8. The lowest BCUT2D eigenvalue weighted by molar-refractivity contribution is -0.137. The molecule has 4 aromatic rings. The molecule has 5 amide bonds. The monoisotopic (exact) mass is 1030 g/mol. The number of halogens is 2. The maximum Gasteiger partial charge on any atom is 0.410 e. The van der Waals surface area contributed by atoms with E-state index < -0.39 is 41.2 Å². The molecule has 2 atom stereocenters. The molecule has 5 heterocycles. The summed E-state index contributed by atoms with van der Waals surface area (Å²) in [6.07, 6.45) is 7.80. The second-order valence-corrected chi connectivity index (χ2v) is 22.4. The van der Waals surface area contributed by atoms with E-state index in [9.17, 15) is 28.8 Å². The molecule has 5 aliphatic rings. The fraction of sp³-hybridized carbons (Fsp3) is 0.561. The fourth-order valence-electron chi connectivity index (χ4n) is 11.8. The highest BCUT2D eigenvalue weighted by atomic mass is 19.1. The van der Waals surface area contributed by atoms with Crippen LogP contribution in [-0.4, -0.2) is 173 Å². The maximum atomic E-state index is 16.4. The molecule has 1 saturated carbocycles. The lowest BCUT2D eigenvalue weighted by atomic mass is 9.83. The Kier molecular flexibility index (Phi) is 16.9. The van der Waals surface area contributed by atoms with Crippen LogP contribution >= 0.6 is 0 Å². The summed E-state index contributed by atoms with van der Waals surface area (Å²) in [6.45, 7) is 12.9. The van der Waals surface area contributed by atoms with E-state index in [1.165, 1.54) is 12.1 Å². The first-order chi connectivity index (χ1) is 36.1. The Bertz CT molecular complexity index is 2770. The van der Waals surface area contributed by atoms with Crippen molar-refractivity contribution in [2.75, 3.05) is 91.6 Å². The molecule has 75 heavy (non-hydrogen) atoms. The van der Waals surface area contributed by atoms with Gasteiger partial charge in [0, 0.05) is 89.7 Å². The predicted molar refractivity (Wildman–Crippen MR) is 280 cm³/mol. The van der Waals surface area contributed by atoms with Gasteiger partial charge in [0.1, 0.15) is 23.3 Å². The van der Waals surface area contributed by atoms with E-state index in [4.69, 9.17) is 4.74 Å². The number of piperidine rings is 2. The number of aromatic nitrogens is 2. The van der Waals surface area contributed by atoms with Crippen LogP contribution in [-0.2, 0) is 20.7 Å². The summed E-state index contributed by atoms with van der Waals surface area (Å²) in [5.41, 5.74) is 0.628. The second-order valence-electron chi connectivity index (χ2n) is 22.4. The van der Waals surface area contributed by atoms with Crippen LogP contribution < -0.4 is 10.9 Å². The van der Waals surface area contributed by atoms with E-state index in [1.54, 1.807) is 51.1 Å². The normalized spacial score (nSPS) is 20.3. The standard InChI is InChI=1S/C57H73F2N9O7/c1-57(2,3)75-56(74)68-22-10-13-41(36-68)42-16-9-17-45(50(42)59)52(70)60-51(40-11-5-4-6-12-40)55(73)67-27-25-64(26-28-67)35-38-20-23-63(24-21-38)37-49(69)65-29-31-66(32-30-65)54(72)46-33-39(18-19-47(46)58)34-48-43-14-7-8-15-44(43)53(71)62-61-48/h7-9,14-19,33,38,40-41,51H,4-6,10-13,20-32,34-37H2,1-3H3,(H,60,70)(H,62,71)/t41?,51-/m1/s1. The molecule has 2 N–H and O–H groups in total. The molecule has 0 radical (unpaired) electrons. The average Bonchev–Trinajstić information content (AvgIpc) is 3.42. The smallest absolute Gasteiger partial charge is 0.410 e. The van der Waals surface area contributed by atoms with Crippen molar-refractivity contribution in [3.8, 4) is 0 Å². The Morgan fingerprint density at radius 1 is 0.720 bits per heavy atom. The van der Waals surface area contributed by atoms with Crippen molar-refractivity contribution in [1.82, 2.24) is 44.9 Å². The third-order valence-corrected chi connectivity index (χ3v) is 16.1. The number of likely N-dealkylation sites (tertiary alicyclic amines) is 2. The third kappa shape index (κ3) is 13.1. The Labute approximate surface area is 438 Å². The largest absolute Gasteiger partial charge is 0.444 e. The molecular formula is C57H73F2N9O7. The van der Waals surface area contributed by atoms with E-state index in [1.807, 2.05) is 37.8 Å². The van der Waals surface area contributed by atoms with Gasteiger partial charge < -0.3 is 29.7 Å². The number of nitrogens with one attached hydrogen (secondary N) is 2. The van der Waals surface area contributed by atoms with Gasteiger partial charge >= 0.3 is 6.09 Å². The second kappa shape index (κ2) is 23.7. The molecule has 4 aliphatic heterocycles. The lowest BCUT2D eigenvalue weighted by Crippen LogP contribution is -2.57. The van der Waals surface area contributed by atoms with Gasteiger partial charge in [0.25, 0.3) is 17.4 Å². The van der Waals surface area contributed by atoms with Crippen LogP contribution in [0, 0.1) is 23.5 Å². The number of amides is 5. The topological polar surface area (TPSA) is 172 Å². The van der Waals surface area contributed by atoms with Crippen LogP contribution in [0.1, 0.15) is 122 Å². The summed E-state index contributed by atoms with van der Waals surface area (Å²) < 4.78 is 37.1. The number of hydrogen-bond donors (Lipinski definition) is 2. The van der Waals surface area contributed by atoms with Gasteiger partial charge in [-0.25, -0.2) is 18.7 Å². The molecule has 402 valence electrons. The van der Waals surface area contributed by atoms with Gasteiger partial charge in [-0.2, -0.15) is 5.10 Å². The first kappa shape index (κ1) is 53.6. The number of ether oxygens (including phenoxy) is 1. The van der Waals surface area contributed by atoms with Gasteiger partial charge in [-0.3, -0.25) is 33.8 Å². The summed E-state index contributed by atoms with van der Waals surface area (Å²) in [4.78, 5) is 92.2. The summed E-state index contributed by atoms with van der Waals surface area (Å²) in [6, 6.07) is 15.7. The maximum absolute atomic E-state index is 16.4. The van der Waals surface area contributed by atoms with Gasteiger partial charge in [0.05, 0.1) is 28.8 Å². The van der Waals surface area contributed by atoms with Gasteiger partial charge in [-0.1, -0.05) is 55.7 Å². The van der Waals surface area contributed by atoms with Gasteiger partial charge in [0.15, 0.2) is 0 Å². The molecule has 4 saturated heterocycles. The highest BCUT2D eigenvalue weighted by molar-refractivity contribution is 5.98. The van der Waals surface area contributed by atoms with E-state index >= 15 is 8.78 Å². The average molecular weight is 1030 g/mol. The molecule has 18 heteroatoms. The molecule has 0 bridgehead atoms. The quantitative estimate of drug-likeness (QED) is 0.161. The van der Waals surface area contributed by atoms with Crippen LogP contribution in [0.15, 0.2) is 65.5 Å². The first-order valence-electron chi connectivity index (χ1n) is 27.2. The van der Waals surface area contributed by atoms with Crippen molar-refractivity contribution in [2.45, 2.75) is 103 Å². The third-order valence-electron chi connectivity index (χ3n) is 16.1. The zero-order valence-corrected chi connectivity index (χ0v) is 43.8. The predicted octanol–water partition coefficient (Wildman–Crippen LogP) is 6.43. The van der Waals surface area contributed by atoms with Crippen LogP contribution in [0.3, 0.4) is 0 Å². The number of aromatic amines is 1. The number of carbonyl (C=O) groups is 5. The van der Waals surface area contributed by atoms with Crippen molar-refractivity contribution in [1.29, 1.82) is 0 Å². The summed E-state index contributed by atoms with van der Waals surface area (Å²) in [7, 11) is 0. The number of piperazine rings is 2. The van der Waals surface area contributed by atoms with E-state index in [0.717, 1.165) is 64.6 Å². The number of H-pyrrole nitrogens is 1. The molecule has 5 fully saturated rings. The lowest BCUT2D eigenvalue weighted by Gasteiger charge is -2.41. The minimum Gasteiger partial charge on any atom is -0.444 e. The highest BCUT2D eigenvalue weighted by Gasteiger charge is 2.38. The number of hydrogen-bond acceptors (Lipinski definition) is 10. The fourth-order valence-corrected chi connectivity index (χ4v) is 11.8. The summed E-state index contributed by atoms with van der Waals surface area (Å²) in [5, 5.41) is 11.0. The summed E-state index contributed by atoms with van der Waals surface area (Å²) in [5.74, 6) is -2.21. The molecule has 9 rings (SSSR count). The number of carbonyl (C=O) groups excluding carboxylic acids is 5. The molecule has 1 aliphatic carbocycles. The molecular weight excluding hydrogens is 961 g/mol. The number of rotatable bonds is 12. The van der Waals surface area contributed by atoms with Crippen LogP contribution in [0.5, 0.6) is 0 Å². The molecule has 0 spiro atoms. The van der Waals surface area contributed by atoms with Crippen molar-refractivity contribution in [3.63, 3.8) is 0 Å². The van der Waals surface area contributed by atoms with Crippen molar-refractivity contribution < 1.29 is 37.5 Å². The molecule has 1 aromatic heterocycles. The van der Waals surface area contributed by atoms with Crippen LogP contribution in [0.2, 0.25) is 0 Å². The Morgan fingerprint density at radius 2 is 1.41 bits per heavy atom. The van der Waals surface area contributed by atoms with Gasteiger partial charge in [-0.15, -0.1) is 0 Å². The van der Waals surface area contributed by atoms with Crippen molar-refractivity contribution in [3.05, 3.63) is 111 Å². The number of fused-ring (bicyclic) bond motifs is 1. The van der Waals surface area contributed by atoms with Crippen LogP contribution in [0.25, 0.3) is 10.8 Å². The summed E-state index contributed by atoms with van der Waals surface area (Å²) >= 11 is 0. The molecule has 3 aromatic carbocycles. The van der Waals surface area contributed by atoms with E-state index in [0.29, 0.717) is 125 Å². The van der Waals surface area contributed by atoms with Gasteiger partial charge in [-0.05, 0) is 120 Å². The van der Waals surface area contributed by atoms with Crippen molar-refractivity contribution >= 4 is 40.5 Å². The molecule has 1 unspecified atom stereocenters. The first-order valence-corrected chi connectivity index (χ1v) is 27.2. The highest BCUT2D eigenvalue weighted by Crippen LogP contribution is 2.33. The minimum atomic E-state index is -0.753. The van der Waals surface area contributed by atoms with Gasteiger partial charge in [0.2, 0.25) is 11.8 Å².